The van der Waals surface area contributed by atoms with Gasteiger partial charge in [0.05, 0.1) is 19.3 Å². The van der Waals surface area contributed by atoms with E-state index in [0.29, 0.717) is 13.2 Å². The van der Waals surface area contributed by atoms with Gasteiger partial charge in [-0.25, -0.2) is 0 Å². The first kappa shape index (κ1) is 12.8. The minimum atomic E-state index is -0.239. The number of aromatic nitrogens is 1. The lowest BCUT2D eigenvalue weighted by molar-refractivity contribution is -0.0347. The number of rotatable bonds is 3. The Bertz CT molecular complexity index is 504. The Morgan fingerprint density at radius 1 is 1.61 bits per heavy atom. The van der Waals surface area contributed by atoms with Crippen LogP contribution < -0.4 is 5.56 Å². The molecule has 0 amide bonds. The Hall–Kier alpha value is -1.64. The second-order valence-corrected chi connectivity index (χ2v) is 4.38. The van der Waals surface area contributed by atoms with Crippen LogP contribution in [0.1, 0.15) is 12.5 Å². The molecule has 1 atom stereocenters. The van der Waals surface area contributed by atoms with Crippen molar-refractivity contribution in [1.29, 1.82) is 5.26 Å². The Kier molecular flexibility index (Phi) is 4.13. The summed E-state index contributed by atoms with van der Waals surface area (Å²) in [5.41, 5.74) is -0.0575. The predicted octanol–water partition coefficient (Wildman–Crippen LogP) is 0.441. The highest BCUT2D eigenvalue weighted by Gasteiger charge is 2.20. The Morgan fingerprint density at radius 3 is 3.17 bits per heavy atom. The Balaban J connectivity index is 2.10. The molecule has 1 aliphatic rings. The number of nitrogens with zero attached hydrogens (tertiary/aromatic N) is 3. The fraction of sp³-hybridized carbons (Fsp3) is 0.538. The Labute approximate surface area is 106 Å². The van der Waals surface area contributed by atoms with Gasteiger partial charge in [0.15, 0.2) is 0 Å². The van der Waals surface area contributed by atoms with Gasteiger partial charge in [-0.1, -0.05) is 6.92 Å². The van der Waals surface area contributed by atoms with Crippen molar-refractivity contribution in [3.63, 3.8) is 0 Å². The van der Waals surface area contributed by atoms with Gasteiger partial charge >= 0.3 is 0 Å². The zero-order valence-electron chi connectivity index (χ0n) is 10.5. The quantitative estimate of drug-likeness (QED) is 0.777. The molecule has 18 heavy (non-hydrogen) atoms. The monoisotopic (exact) mass is 247 g/mol. The lowest BCUT2D eigenvalue weighted by Crippen LogP contribution is -2.45. The van der Waals surface area contributed by atoms with Gasteiger partial charge in [-0.3, -0.25) is 9.69 Å². The second kappa shape index (κ2) is 5.80. The first-order chi connectivity index (χ1) is 8.74. The average Bonchev–Trinajstić information content (AvgIpc) is 2.41. The molecule has 1 aromatic rings. The smallest absolute Gasteiger partial charge is 0.268 e. The molecule has 0 radical (unpaired) electrons. The van der Waals surface area contributed by atoms with Crippen LogP contribution in [0.25, 0.3) is 0 Å². The van der Waals surface area contributed by atoms with E-state index in [0.717, 1.165) is 19.6 Å². The van der Waals surface area contributed by atoms with E-state index in [-0.39, 0.29) is 17.2 Å². The average molecular weight is 247 g/mol. The summed E-state index contributed by atoms with van der Waals surface area (Å²) in [5.74, 6) is 0. The second-order valence-electron chi connectivity index (χ2n) is 4.38. The van der Waals surface area contributed by atoms with Crippen molar-refractivity contribution in [3.8, 4) is 6.07 Å². The maximum absolute atomic E-state index is 11.9. The number of hydrogen-bond acceptors (Lipinski definition) is 4. The van der Waals surface area contributed by atoms with Crippen LogP contribution in [-0.2, 0) is 11.3 Å². The van der Waals surface area contributed by atoms with E-state index in [1.54, 1.807) is 22.9 Å². The van der Waals surface area contributed by atoms with Gasteiger partial charge in [-0.15, -0.1) is 0 Å². The highest BCUT2D eigenvalue weighted by Crippen LogP contribution is 2.06. The number of likely N-dealkylation sites (N-methyl/N-ethyl adjacent to an activating group) is 1. The molecule has 2 heterocycles. The molecule has 0 saturated carbocycles. The first-order valence-electron chi connectivity index (χ1n) is 6.18. The van der Waals surface area contributed by atoms with Gasteiger partial charge in [0.1, 0.15) is 11.6 Å². The molecule has 0 aromatic carbocycles. The third kappa shape index (κ3) is 2.78. The molecule has 2 rings (SSSR count). The largest absolute Gasteiger partial charge is 0.374 e. The number of hydrogen-bond donors (Lipinski definition) is 0. The first-order valence-corrected chi connectivity index (χ1v) is 6.18. The number of pyridine rings is 1. The summed E-state index contributed by atoms with van der Waals surface area (Å²) >= 11 is 0. The molecule has 96 valence electrons. The highest BCUT2D eigenvalue weighted by molar-refractivity contribution is 5.24. The van der Waals surface area contributed by atoms with Gasteiger partial charge in [0, 0.05) is 19.3 Å². The van der Waals surface area contributed by atoms with Crippen molar-refractivity contribution in [2.45, 2.75) is 19.6 Å². The molecular formula is C13H17N3O2. The molecule has 1 fully saturated rings. The summed E-state index contributed by atoms with van der Waals surface area (Å²) in [4.78, 5) is 14.2. The number of ether oxygens (including phenoxy) is 1. The van der Waals surface area contributed by atoms with Crippen LogP contribution in [0.15, 0.2) is 23.1 Å². The summed E-state index contributed by atoms with van der Waals surface area (Å²) < 4.78 is 7.22. The van der Waals surface area contributed by atoms with Crippen molar-refractivity contribution in [3.05, 3.63) is 34.2 Å². The molecule has 0 spiro atoms. The summed E-state index contributed by atoms with van der Waals surface area (Å²) in [6.45, 7) is 6.09. The van der Waals surface area contributed by atoms with E-state index in [9.17, 15) is 4.79 Å². The van der Waals surface area contributed by atoms with Gasteiger partial charge in [0.25, 0.3) is 5.56 Å². The van der Waals surface area contributed by atoms with Gasteiger partial charge in [0.2, 0.25) is 0 Å². The van der Waals surface area contributed by atoms with Crippen LogP contribution in [0.2, 0.25) is 0 Å². The standard InChI is InChI=1S/C13H17N3O2/c1-2-15-6-7-18-12(9-15)10-16-5-3-4-11(8-14)13(16)17/h3-5,12H,2,6-7,9-10H2,1H3. The van der Waals surface area contributed by atoms with Crippen LogP contribution in [0.3, 0.4) is 0 Å². The topological polar surface area (TPSA) is 58.3 Å². The van der Waals surface area contributed by atoms with E-state index < -0.39 is 0 Å². The fourth-order valence-corrected chi connectivity index (χ4v) is 2.16. The van der Waals surface area contributed by atoms with E-state index >= 15 is 0 Å². The number of nitriles is 1. The third-order valence-corrected chi connectivity index (χ3v) is 3.21. The number of morpholine rings is 1. The molecule has 1 aromatic heterocycles. The van der Waals surface area contributed by atoms with E-state index in [4.69, 9.17) is 10.00 Å². The fourth-order valence-electron chi connectivity index (χ4n) is 2.16. The maximum atomic E-state index is 11.9. The predicted molar refractivity (Wildman–Crippen MR) is 67.3 cm³/mol. The minimum Gasteiger partial charge on any atom is -0.374 e. The molecule has 0 aliphatic carbocycles. The normalized spacial score (nSPS) is 20.6. The van der Waals surface area contributed by atoms with Gasteiger partial charge < -0.3 is 9.30 Å². The maximum Gasteiger partial charge on any atom is 0.268 e. The molecule has 5 nitrogen and oxygen atoms in total. The van der Waals surface area contributed by atoms with Gasteiger partial charge in [-0.05, 0) is 18.7 Å². The molecular weight excluding hydrogens is 230 g/mol. The van der Waals surface area contributed by atoms with Crippen LogP contribution >= 0.6 is 0 Å². The highest BCUT2D eigenvalue weighted by atomic mass is 16.5. The zero-order valence-corrected chi connectivity index (χ0v) is 10.5. The van der Waals surface area contributed by atoms with Crippen LogP contribution in [0.5, 0.6) is 0 Å². The van der Waals surface area contributed by atoms with Gasteiger partial charge in [-0.2, -0.15) is 5.26 Å². The molecule has 5 heteroatoms. The summed E-state index contributed by atoms with van der Waals surface area (Å²) in [7, 11) is 0. The van der Waals surface area contributed by atoms with Crippen molar-refractivity contribution < 1.29 is 4.74 Å². The van der Waals surface area contributed by atoms with E-state index in [1.165, 1.54) is 0 Å². The third-order valence-electron chi connectivity index (χ3n) is 3.21. The lowest BCUT2D eigenvalue weighted by atomic mass is 10.2. The van der Waals surface area contributed by atoms with Crippen molar-refractivity contribution in [1.82, 2.24) is 9.47 Å². The molecule has 0 bridgehead atoms. The minimum absolute atomic E-state index is 0.0188. The summed E-state index contributed by atoms with van der Waals surface area (Å²) in [6.07, 6.45) is 1.72. The molecule has 0 N–H and O–H groups in total. The van der Waals surface area contributed by atoms with Crippen molar-refractivity contribution >= 4 is 0 Å². The van der Waals surface area contributed by atoms with Crippen LogP contribution in [-0.4, -0.2) is 41.8 Å². The van der Waals surface area contributed by atoms with Crippen LogP contribution in [0.4, 0.5) is 0 Å². The van der Waals surface area contributed by atoms with Crippen molar-refractivity contribution in [2.24, 2.45) is 0 Å². The molecule has 1 aliphatic heterocycles. The SMILES string of the molecule is CCN1CCOC(Cn2cccc(C#N)c2=O)C1. The van der Waals surface area contributed by atoms with Crippen LogP contribution in [0, 0.1) is 11.3 Å². The zero-order chi connectivity index (χ0) is 13.0. The van der Waals surface area contributed by atoms with E-state index in [1.807, 2.05) is 6.07 Å². The lowest BCUT2D eigenvalue weighted by Gasteiger charge is -2.32. The summed E-state index contributed by atoms with van der Waals surface area (Å²) in [5, 5.41) is 8.83. The van der Waals surface area contributed by atoms with Crippen molar-refractivity contribution in [2.75, 3.05) is 26.2 Å². The molecule has 1 saturated heterocycles. The summed E-state index contributed by atoms with van der Waals surface area (Å²) in [6, 6.07) is 5.17. The van der Waals surface area contributed by atoms with E-state index in [2.05, 4.69) is 11.8 Å². The molecule has 1 unspecified atom stereocenters. The Morgan fingerprint density at radius 2 is 2.44 bits per heavy atom.